The van der Waals surface area contributed by atoms with Crippen molar-refractivity contribution < 1.29 is 19.1 Å². The largest absolute Gasteiger partial charge is 0.454 e. The Labute approximate surface area is 151 Å². The SMILES string of the molecule is CCCNC(=O)COC(=O)[C@@H]1CS[C@]2(c3ccccc3)CCC(=O)N12. The van der Waals surface area contributed by atoms with Crippen molar-refractivity contribution in [3.05, 3.63) is 35.9 Å². The summed E-state index contributed by atoms with van der Waals surface area (Å²) < 4.78 is 5.16. The Balaban J connectivity index is 1.71. The van der Waals surface area contributed by atoms with Crippen molar-refractivity contribution in [1.82, 2.24) is 10.2 Å². The maximum absolute atomic E-state index is 12.5. The maximum atomic E-state index is 12.5. The monoisotopic (exact) mass is 362 g/mol. The van der Waals surface area contributed by atoms with Crippen LogP contribution in [0.2, 0.25) is 0 Å². The number of fused-ring (bicyclic) bond motifs is 1. The van der Waals surface area contributed by atoms with Crippen molar-refractivity contribution in [3.8, 4) is 0 Å². The van der Waals surface area contributed by atoms with Gasteiger partial charge >= 0.3 is 5.97 Å². The molecule has 7 heteroatoms. The Morgan fingerprint density at radius 1 is 1.36 bits per heavy atom. The van der Waals surface area contributed by atoms with Crippen LogP contribution in [-0.2, 0) is 24.0 Å². The van der Waals surface area contributed by atoms with Crippen molar-refractivity contribution in [2.24, 2.45) is 0 Å². The first-order valence-electron chi connectivity index (χ1n) is 8.53. The maximum Gasteiger partial charge on any atom is 0.330 e. The number of benzene rings is 1. The molecule has 0 spiro atoms. The zero-order valence-corrected chi connectivity index (χ0v) is 15.0. The van der Waals surface area contributed by atoms with E-state index in [0.717, 1.165) is 12.0 Å². The molecule has 0 saturated carbocycles. The summed E-state index contributed by atoms with van der Waals surface area (Å²) in [6, 6.07) is 9.15. The average molecular weight is 362 g/mol. The van der Waals surface area contributed by atoms with Gasteiger partial charge < -0.3 is 15.0 Å². The van der Waals surface area contributed by atoms with Crippen molar-refractivity contribution in [2.45, 2.75) is 37.1 Å². The molecule has 1 aromatic carbocycles. The summed E-state index contributed by atoms with van der Waals surface area (Å²) in [6.45, 7) is 2.20. The Bertz CT molecular complexity index is 666. The van der Waals surface area contributed by atoms with E-state index in [9.17, 15) is 14.4 Å². The molecule has 1 aromatic rings. The summed E-state index contributed by atoms with van der Waals surface area (Å²) in [5.74, 6) is -0.378. The first-order valence-corrected chi connectivity index (χ1v) is 9.52. The van der Waals surface area contributed by atoms with Gasteiger partial charge in [0.15, 0.2) is 6.61 Å². The van der Waals surface area contributed by atoms with Crippen molar-refractivity contribution in [1.29, 1.82) is 0 Å². The van der Waals surface area contributed by atoms with Crippen LogP contribution in [0, 0.1) is 0 Å². The lowest BCUT2D eigenvalue weighted by atomic mass is 10.0. The van der Waals surface area contributed by atoms with Gasteiger partial charge in [-0.15, -0.1) is 11.8 Å². The van der Waals surface area contributed by atoms with E-state index in [1.54, 1.807) is 16.7 Å². The minimum atomic E-state index is -0.640. The Morgan fingerprint density at radius 2 is 2.12 bits per heavy atom. The number of rotatable bonds is 6. The van der Waals surface area contributed by atoms with Gasteiger partial charge in [-0.05, 0) is 18.4 Å². The first kappa shape index (κ1) is 17.8. The molecule has 134 valence electrons. The third kappa shape index (κ3) is 3.38. The Hall–Kier alpha value is -2.02. The Kier molecular flexibility index (Phi) is 5.32. The molecule has 3 rings (SSSR count). The molecule has 2 amide bonds. The molecule has 0 radical (unpaired) electrons. The molecule has 2 fully saturated rings. The number of amides is 2. The summed E-state index contributed by atoms with van der Waals surface area (Å²) in [5, 5.41) is 2.66. The number of hydrogen-bond donors (Lipinski definition) is 1. The van der Waals surface area contributed by atoms with Crippen LogP contribution < -0.4 is 5.32 Å². The van der Waals surface area contributed by atoms with E-state index >= 15 is 0 Å². The third-order valence-electron chi connectivity index (χ3n) is 4.54. The fraction of sp³-hybridized carbons (Fsp3) is 0.500. The Morgan fingerprint density at radius 3 is 2.84 bits per heavy atom. The van der Waals surface area contributed by atoms with Gasteiger partial charge in [0.2, 0.25) is 5.91 Å². The molecule has 25 heavy (non-hydrogen) atoms. The smallest absolute Gasteiger partial charge is 0.330 e. The fourth-order valence-electron chi connectivity index (χ4n) is 3.36. The van der Waals surface area contributed by atoms with Crippen LogP contribution in [0.5, 0.6) is 0 Å². The van der Waals surface area contributed by atoms with Gasteiger partial charge in [-0.25, -0.2) is 4.79 Å². The highest BCUT2D eigenvalue weighted by Gasteiger charge is 2.57. The minimum absolute atomic E-state index is 0.0359. The van der Waals surface area contributed by atoms with Crippen LogP contribution in [0.4, 0.5) is 0 Å². The number of thioether (sulfide) groups is 1. The van der Waals surface area contributed by atoms with Crippen molar-refractivity contribution in [2.75, 3.05) is 18.9 Å². The zero-order chi connectivity index (χ0) is 17.9. The quantitative estimate of drug-likeness (QED) is 0.779. The number of nitrogens with one attached hydrogen (secondary N) is 1. The molecule has 0 unspecified atom stereocenters. The molecule has 6 nitrogen and oxygen atoms in total. The van der Waals surface area contributed by atoms with E-state index < -0.39 is 16.9 Å². The summed E-state index contributed by atoms with van der Waals surface area (Å²) in [7, 11) is 0. The molecule has 2 atom stereocenters. The number of carbonyl (C=O) groups excluding carboxylic acids is 3. The number of hydrogen-bond acceptors (Lipinski definition) is 5. The van der Waals surface area contributed by atoms with E-state index in [4.69, 9.17) is 4.74 Å². The van der Waals surface area contributed by atoms with Gasteiger partial charge in [0.05, 0.1) is 0 Å². The topological polar surface area (TPSA) is 75.7 Å². The molecular weight excluding hydrogens is 340 g/mol. The van der Waals surface area contributed by atoms with Crippen LogP contribution in [0.1, 0.15) is 31.7 Å². The highest BCUT2D eigenvalue weighted by molar-refractivity contribution is 8.00. The molecule has 2 aliphatic heterocycles. The van der Waals surface area contributed by atoms with Gasteiger partial charge in [0, 0.05) is 18.7 Å². The second-order valence-corrected chi connectivity index (χ2v) is 7.50. The standard InChI is InChI=1S/C18H22N2O4S/c1-2-10-19-15(21)11-24-17(23)14-12-25-18(9-8-16(22)20(14)18)13-6-4-3-5-7-13/h3-7,14H,2,8-12H2,1H3,(H,19,21)/t14-,18-/m0/s1. The number of carbonyl (C=O) groups is 3. The lowest BCUT2D eigenvalue weighted by Gasteiger charge is -2.33. The van der Waals surface area contributed by atoms with E-state index in [0.29, 0.717) is 25.1 Å². The molecule has 0 aromatic heterocycles. The first-order chi connectivity index (χ1) is 12.1. The van der Waals surface area contributed by atoms with Gasteiger partial charge in [-0.3, -0.25) is 9.59 Å². The number of ether oxygens (including phenoxy) is 1. The second kappa shape index (κ2) is 7.47. The average Bonchev–Trinajstić information content (AvgIpc) is 3.18. The molecule has 1 N–H and O–H groups in total. The predicted octanol–water partition coefficient (Wildman–Crippen LogP) is 1.65. The highest BCUT2D eigenvalue weighted by atomic mass is 32.2. The highest BCUT2D eigenvalue weighted by Crippen LogP contribution is 2.54. The van der Waals surface area contributed by atoms with E-state index in [1.165, 1.54) is 0 Å². The minimum Gasteiger partial charge on any atom is -0.454 e. The third-order valence-corrected chi connectivity index (χ3v) is 6.14. The van der Waals surface area contributed by atoms with Crippen LogP contribution >= 0.6 is 11.8 Å². The molecular formula is C18H22N2O4S. The summed E-state index contributed by atoms with van der Waals surface area (Å²) >= 11 is 1.61. The predicted molar refractivity (Wildman–Crippen MR) is 94.7 cm³/mol. The second-order valence-electron chi connectivity index (χ2n) is 6.20. The summed E-state index contributed by atoms with van der Waals surface area (Å²) in [6.07, 6.45) is 1.92. The van der Waals surface area contributed by atoms with Gasteiger partial charge in [-0.2, -0.15) is 0 Å². The lowest BCUT2D eigenvalue weighted by Crippen LogP contribution is -2.47. The number of nitrogens with zero attached hydrogens (tertiary/aromatic N) is 1. The number of esters is 1. The van der Waals surface area contributed by atoms with Crippen LogP contribution in [0.3, 0.4) is 0 Å². The van der Waals surface area contributed by atoms with Crippen molar-refractivity contribution in [3.63, 3.8) is 0 Å². The zero-order valence-electron chi connectivity index (χ0n) is 14.2. The summed E-state index contributed by atoms with van der Waals surface area (Å²) in [4.78, 5) is 37.7. The van der Waals surface area contributed by atoms with Crippen LogP contribution in [0.15, 0.2) is 30.3 Å². The van der Waals surface area contributed by atoms with Crippen LogP contribution in [-0.4, -0.2) is 47.6 Å². The summed E-state index contributed by atoms with van der Waals surface area (Å²) in [5.41, 5.74) is 1.03. The molecule has 2 aliphatic rings. The van der Waals surface area contributed by atoms with Crippen LogP contribution in [0.25, 0.3) is 0 Å². The molecule has 0 bridgehead atoms. The molecule has 2 saturated heterocycles. The lowest BCUT2D eigenvalue weighted by molar-refractivity contribution is -0.156. The van der Waals surface area contributed by atoms with Crippen molar-refractivity contribution >= 4 is 29.5 Å². The van der Waals surface area contributed by atoms with Gasteiger partial charge in [0.25, 0.3) is 5.91 Å². The van der Waals surface area contributed by atoms with E-state index in [-0.39, 0.29) is 18.4 Å². The van der Waals surface area contributed by atoms with Gasteiger partial charge in [-0.1, -0.05) is 37.3 Å². The van der Waals surface area contributed by atoms with E-state index in [2.05, 4.69) is 5.32 Å². The van der Waals surface area contributed by atoms with E-state index in [1.807, 2.05) is 37.3 Å². The normalized spacial score (nSPS) is 24.9. The fourth-order valence-corrected chi connectivity index (χ4v) is 5.00. The molecule has 2 heterocycles. The van der Waals surface area contributed by atoms with Gasteiger partial charge in [0.1, 0.15) is 10.9 Å². The molecule has 0 aliphatic carbocycles.